The van der Waals surface area contributed by atoms with Gasteiger partial charge in [0.25, 0.3) is 0 Å². The van der Waals surface area contributed by atoms with Crippen LogP contribution < -0.4 is 5.32 Å². The Bertz CT molecular complexity index is 304. The Morgan fingerprint density at radius 2 is 1.86 bits per heavy atom. The zero-order valence-corrected chi connectivity index (χ0v) is 8.02. The van der Waals surface area contributed by atoms with Crippen LogP contribution in [0.5, 0.6) is 0 Å². The molecule has 0 unspecified atom stereocenters. The van der Waals surface area contributed by atoms with Gasteiger partial charge in [-0.2, -0.15) is 0 Å². The molecule has 1 aliphatic heterocycles. The normalized spacial score (nSPS) is 18.0. The first-order valence-electron chi connectivity index (χ1n) is 4.95. The molecule has 2 heterocycles. The zero-order chi connectivity index (χ0) is 9.80. The summed E-state index contributed by atoms with van der Waals surface area (Å²) in [6, 6.07) is 3.57. The third-order valence-corrected chi connectivity index (χ3v) is 2.61. The molecular weight excluding hydrogens is 176 g/mol. The second kappa shape index (κ2) is 4.33. The van der Waals surface area contributed by atoms with Gasteiger partial charge in [-0.3, -0.25) is 9.78 Å². The Morgan fingerprint density at radius 1 is 1.21 bits per heavy atom. The molecule has 2 rings (SSSR count). The van der Waals surface area contributed by atoms with Gasteiger partial charge in [0.15, 0.2) is 5.78 Å². The Hall–Kier alpha value is -1.22. The summed E-state index contributed by atoms with van der Waals surface area (Å²) in [6.45, 7) is 1.67. The van der Waals surface area contributed by atoms with Crippen LogP contribution in [0.4, 0.5) is 0 Å². The van der Waals surface area contributed by atoms with Gasteiger partial charge in [-0.1, -0.05) is 0 Å². The Labute approximate surface area is 83.5 Å². The molecule has 1 radical (unpaired) electrons. The van der Waals surface area contributed by atoms with Crippen LogP contribution in [0.25, 0.3) is 0 Å². The summed E-state index contributed by atoms with van der Waals surface area (Å²) in [5.41, 5.74) is 0.784. The number of hydrogen-bond donors (Lipinski definition) is 0. The lowest BCUT2D eigenvalue weighted by atomic mass is 9.90. The fourth-order valence-corrected chi connectivity index (χ4v) is 1.76. The molecular formula is C11H13N2O. The average Bonchev–Trinajstić information content (AvgIpc) is 2.30. The maximum atomic E-state index is 11.9. The van der Waals surface area contributed by atoms with Crippen LogP contribution in [-0.2, 0) is 0 Å². The van der Waals surface area contributed by atoms with E-state index in [9.17, 15) is 4.79 Å². The SMILES string of the molecule is O=C(c1ccncc1)C1CC[N]CC1. The van der Waals surface area contributed by atoms with Gasteiger partial charge in [-0.05, 0) is 25.0 Å². The van der Waals surface area contributed by atoms with Gasteiger partial charge in [-0.15, -0.1) is 0 Å². The number of Topliss-reactive ketones (excluding diaryl/α,β-unsaturated/α-hetero) is 1. The molecule has 73 valence electrons. The van der Waals surface area contributed by atoms with E-state index in [1.54, 1.807) is 24.5 Å². The molecule has 0 N–H and O–H groups in total. The van der Waals surface area contributed by atoms with Crippen LogP contribution in [0, 0.1) is 5.92 Å². The molecule has 1 aliphatic rings. The minimum absolute atomic E-state index is 0.176. The quantitative estimate of drug-likeness (QED) is 0.658. The van der Waals surface area contributed by atoms with Crippen molar-refractivity contribution >= 4 is 5.78 Å². The highest BCUT2D eigenvalue weighted by Crippen LogP contribution is 2.17. The number of ketones is 1. The molecule has 3 heteroatoms. The van der Waals surface area contributed by atoms with Crippen LogP contribution in [0.1, 0.15) is 23.2 Å². The molecule has 1 aromatic heterocycles. The number of piperidine rings is 1. The Balaban J connectivity index is 2.07. The zero-order valence-electron chi connectivity index (χ0n) is 8.02. The Kier molecular flexibility index (Phi) is 2.89. The lowest BCUT2D eigenvalue weighted by Gasteiger charge is -2.19. The lowest BCUT2D eigenvalue weighted by Crippen LogP contribution is -2.27. The van der Waals surface area contributed by atoms with Crippen LogP contribution >= 0.6 is 0 Å². The van der Waals surface area contributed by atoms with Crippen LogP contribution in [0.3, 0.4) is 0 Å². The molecule has 1 fully saturated rings. The molecule has 0 spiro atoms. The smallest absolute Gasteiger partial charge is 0.166 e. The van der Waals surface area contributed by atoms with Crippen molar-refractivity contribution < 1.29 is 4.79 Å². The first-order valence-corrected chi connectivity index (χ1v) is 4.95. The van der Waals surface area contributed by atoms with Gasteiger partial charge >= 0.3 is 0 Å². The van der Waals surface area contributed by atoms with E-state index in [2.05, 4.69) is 10.3 Å². The number of carbonyl (C=O) groups is 1. The minimum Gasteiger partial charge on any atom is -0.294 e. The molecule has 0 bridgehead atoms. The summed E-state index contributed by atoms with van der Waals surface area (Å²) in [4.78, 5) is 15.8. The minimum atomic E-state index is 0.176. The van der Waals surface area contributed by atoms with E-state index in [4.69, 9.17) is 0 Å². The van der Waals surface area contributed by atoms with E-state index >= 15 is 0 Å². The highest BCUT2D eigenvalue weighted by molar-refractivity contribution is 5.97. The molecule has 0 aromatic carbocycles. The average molecular weight is 189 g/mol. The van der Waals surface area contributed by atoms with Crippen LogP contribution in [0.2, 0.25) is 0 Å². The van der Waals surface area contributed by atoms with E-state index in [0.29, 0.717) is 0 Å². The third kappa shape index (κ3) is 1.99. The number of carbonyl (C=O) groups excluding carboxylic acids is 1. The number of pyridine rings is 1. The van der Waals surface area contributed by atoms with Crippen molar-refractivity contribution in [2.45, 2.75) is 12.8 Å². The van der Waals surface area contributed by atoms with Crippen molar-refractivity contribution in [2.75, 3.05) is 13.1 Å². The van der Waals surface area contributed by atoms with Gasteiger partial charge in [0.2, 0.25) is 0 Å². The van der Waals surface area contributed by atoms with Crippen molar-refractivity contribution in [2.24, 2.45) is 5.92 Å². The van der Waals surface area contributed by atoms with E-state index in [0.717, 1.165) is 31.5 Å². The van der Waals surface area contributed by atoms with Crippen molar-refractivity contribution in [3.8, 4) is 0 Å². The molecule has 0 aliphatic carbocycles. The molecule has 3 nitrogen and oxygen atoms in total. The fourth-order valence-electron chi connectivity index (χ4n) is 1.76. The van der Waals surface area contributed by atoms with Gasteiger partial charge in [0, 0.05) is 37.0 Å². The monoisotopic (exact) mass is 189 g/mol. The summed E-state index contributed by atoms with van der Waals surface area (Å²) in [6.07, 6.45) is 5.14. The first kappa shape index (κ1) is 9.34. The molecule has 0 saturated carbocycles. The predicted molar refractivity (Wildman–Crippen MR) is 53.2 cm³/mol. The second-order valence-electron chi connectivity index (χ2n) is 3.55. The molecule has 0 atom stereocenters. The summed E-state index contributed by atoms with van der Waals surface area (Å²) >= 11 is 0. The van der Waals surface area contributed by atoms with E-state index in [1.807, 2.05) is 0 Å². The molecule has 0 amide bonds. The van der Waals surface area contributed by atoms with E-state index < -0.39 is 0 Å². The predicted octanol–water partition coefficient (Wildman–Crippen LogP) is 1.28. The molecule has 14 heavy (non-hydrogen) atoms. The summed E-state index contributed by atoms with van der Waals surface area (Å²) in [5, 5.41) is 4.24. The maximum Gasteiger partial charge on any atom is 0.166 e. The number of hydrogen-bond acceptors (Lipinski definition) is 2. The van der Waals surface area contributed by atoms with Crippen molar-refractivity contribution in [3.05, 3.63) is 30.1 Å². The third-order valence-electron chi connectivity index (χ3n) is 2.61. The van der Waals surface area contributed by atoms with Crippen LogP contribution in [0.15, 0.2) is 24.5 Å². The topological polar surface area (TPSA) is 44.1 Å². The van der Waals surface area contributed by atoms with Gasteiger partial charge in [-0.25, -0.2) is 5.32 Å². The van der Waals surface area contributed by atoms with Gasteiger partial charge < -0.3 is 0 Å². The maximum absolute atomic E-state index is 11.9. The lowest BCUT2D eigenvalue weighted by molar-refractivity contribution is 0.0894. The standard InChI is InChI=1S/C11H13N2O/c14-11(9-1-5-12-6-2-9)10-3-7-13-8-4-10/h1-2,5-6,10H,3-4,7-8H2. The van der Waals surface area contributed by atoms with E-state index in [-0.39, 0.29) is 11.7 Å². The molecule has 1 saturated heterocycles. The molecule has 1 aromatic rings. The first-order chi connectivity index (χ1) is 6.88. The van der Waals surface area contributed by atoms with Crippen molar-refractivity contribution in [1.82, 2.24) is 10.3 Å². The summed E-state index contributed by atoms with van der Waals surface area (Å²) in [7, 11) is 0. The number of nitrogens with zero attached hydrogens (tertiary/aromatic N) is 2. The summed E-state index contributed by atoms with van der Waals surface area (Å²) in [5.74, 6) is 0.428. The van der Waals surface area contributed by atoms with Gasteiger partial charge in [0.1, 0.15) is 0 Å². The fraction of sp³-hybridized carbons (Fsp3) is 0.455. The van der Waals surface area contributed by atoms with Gasteiger partial charge in [0.05, 0.1) is 0 Å². The largest absolute Gasteiger partial charge is 0.294 e. The van der Waals surface area contributed by atoms with E-state index in [1.165, 1.54) is 0 Å². The van der Waals surface area contributed by atoms with Crippen molar-refractivity contribution in [3.63, 3.8) is 0 Å². The highest BCUT2D eigenvalue weighted by atomic mass is 16.1. The van der Waals surface area contributed by atoms with Crippen LogP contribution in [-0.4, -0.2) is 23.9 Å². The van der Waals surface area contributed by atoms with Crippen molar-refractivity contribution in [1.29, 1.82) is 0 Å². The highest BCUT2D eigenvalue weighted by Gasteiger charge is 2.22. The number of aromatic nitrogens is 1. The second-order valence-corrected chi connectivity index (χ2v) is 3.55. The Morgan fingerprint density at radius 3 is 2.50 bits per heavy atom. The number of rotatable bonds is 2. The summed E-state index contributed by atoms with van der Waals surface area (Å²) < 4.78 is 0.